The van der Waals surface area contributed by atoms with E-state index in [0.29, 0.717) is 37.2 Å². The topological polar surface area (TPSA) is 99.3 Å². The van der Waals surface area contributed by atoms with Gasteiger partial charge >= 0.3 is 6.03 Å². The van der Waals surface area contributed by atoms with Crippen LogP contribution in [0.1, 0.15) is 25.3 Å². The number of sulfonamides is 1. The van der Waals surface area contributed by atoms with Crippen molar-refractivity contribution in [3.05, 3.63) is 65.7 Å². The van der Waals surface area contributed by atoms with Crippen LogP contribution < -0.4 is 5.32 Å². The Labute approximate surface area is 222 Å². The van der Waals surface area contributed by atoms with E-state index in [1.807, 2.05) is 0 Å². The van der Waals surface area contributed by atoms with Gasteiger partial charge in [-0.15, -0.1) is 0 Å². The minimum atomic E-state index is -3.67. The summed E-state index contributed by atoms with van der Waals surface area (Å²) in [6.07, 6.45) is 0.881. The van der Waals surface area contributed by atoms with Gasteiger partial charge in [-0.25, -0.2) is 22.0 Å². The molecule has 38 heavy (non-hydrogen) atoms. The zero-order valence-corrected chi connectivity index (χ0v) is 22.4. The highest BCUT2D eigenvalue weighted by Crippen LogP contribution is 2.22. The lowest BCUT2D eigenvalue weighted by Crippen LogP contribution is -2.52. The second kappa shape index (κ2) is 13.6. The number of benzene rings is 2. The van der Waals surface area contributed by atoms with Crippen LogP contribution in [-0.4, -0.2) is 86.2 Å². The fraction of sp³-hybridized carbons (Fsp3) is 0.462. The summed E-state index contributed by atoms with van der Waals surface area (Å²) in [5, 5.41) is 2.67. The van der Waals surface area contributed by atoms with Crippen molar-refractivity contribution in [2.45, 2.75) is 32.4 Å². The molecule has 9 nitrogen and oxygen atoms in total. The van der Waals surface area contributed by atoms with Gasteiger partial charge < -0.3 is 19.9 Å². The molecule has 1 heterocycles. The number of carbonyl (C=O) groups excluding carboxylic acids is 2. The van der Waals surface area contributed by atoms with Crippen LogP contribution >= 0.6 is 0 Å². The maximum Gasteiger partial charge on any atom is 0.321 e. The third-order valence-corrected chi connectivity index (χ3v) is 8.27. The summed E-state index contributed by atoms with van der Waals surface area (Å²) in [5.41, 5.74) is 0.916. The fourth-order valence-corrected chi connectivity index (χ4v) is 5.36. The lowest BCUT2D eigenvalue weighted by Gasteiger charge is -2.39. The minimum Gasteiger partial charge on any atom is -0.383 e. The molecule has 0 bridgehead atoms. The molecular formula is C26H34F2N4O5S. The molecule has 1 fully saturated rings. The molecule has 0 atom stereocenters. The Morgan fingerprint density at radius 1 is 1.08 bits per heavy atom. The van der Waals surface area contributed by atoms with Crippen LogP contribution in [0, 0.1) is 11.6 Å². The number of rotatable bonds is 11. The molecule has 1 N–H and O–H groups in total. The summed E-state index contributed by atoms with van der Waals surface area (Å²) in [6, 6.07) is 10.8. The molecule has 1 saturated heterocycles. The highest BCUT2D eigenvalue weighted by Gasteiger charge is 2.32. The first-order chi connectivity index (χ1) is 18.1. The average molecular weight is 553 g/mol. The molecule has 0 radical (unpaired) electrons. The Kier molecular flexibility index (Phi) is 10.6. The smallest absolute Gasteiger partial charge is 0.321 e. The van der Waals surface area contributed by atoms with Crippen molar-refractivity contribution in [1.29, 1.82) is 0 Å². The Hall–Kier alpha value is -3.09. The van der Waals surface area contributed by atoms with Gasteiger partial charge in [-0.3, -0.25) is 4.79 Å². The monoisotopic (exact) mass is 552 g/mol. The summed E-state index contributed by atoms with van der Waals surface area (Å²) in [5.74, 6) is -1.47. The number of piperidine rings is 1. The Morgan fingerprint density at radius 3 is 2.34 bits per heavy atom. The van der Waals surface area contributed by atoms with Crippen molar-refractivity contribution >= 4 is 27.6 Å². The Balaban J connectivity index is 1.73. The first-order valence-corrected chi connectivity index (χ1v) is 14.1. The van der Waals surface area contributed by atoms with Crippen LogP contribution in [0.25, 0.3) is 0 Å². The minimum absolute atomic E-state index is 0.0327. The van der Waals surface area contributed by atoms with E-state index in [9.17, 15) is 26.8 Å². The number of halogens is 2. The van der Waals surface area contributed by atoms with E-state index in [0.717, 1.165) is 4.31 Å². The van der Waals surface area contributed by atoms with Crippen molar-refractivity contribution in [2.24, 2.45) is 0 Å². The summed E-state index contributed by atoms with van der Waals surface area (Å²) < 4.78 is 58.7. The summed E-state index contributed by atoms with van der Waals surface area (Å²) in [6.45, 7) is 2.07. The Morgan fingerprint density at radius 2 is 1.74 bits per heavy atom. The molecule has 0 saturated carbocycles. The van der Waals surface area contributed by atoms with Crippen molar-refractivity contribution in [3.8, 4) is 0 Å². The molecule has 208 valence electrons. The highest BCUT2D eigenvalue weighted by molar-refractivity contribution is 7.89. The van der Waals surface area contributed by atoms with Crippen LogP contribution in [0.2, 0.25) is 0 Å². The zero-order chi connectivity index (χ0) is 27.7. The average Bonchev–Trinajstić information content (AvgIpc) is 2.89. The van der Waals surface area contributed by atoms with Gasteiger partial charge in [0.25, 0.3) is 0 Å². The van der Waals surface area contributed by atoms with E-state index in [1.165, 1.54) is 44.4 Å². The summed E-state index contributed by atoms with van der Waals surface area (Å²) in [7, 11) is -2.21. The maximum absolute atomic E-state index is 13.9. The zero-order valence-electron chi connectivity index (χ0n) is 21.6. The van der Waals surface area contributed by atoms with Crippen molar-refractivity contribution in [3.63, 3.8) is 0 Å². The van der Waals surface area contributed by atoms with Crippen LogP contribution in [-0.2, 0) is 26.1 Å². The van der Waals surface area contributed by atoms with E-state index < -0.39 is 27.6 Å². The summed E-state index contributed by atoms with van der Waals surface area (Å²) in [4.78, 5) is 29.4. The fourth-order valence-electron chi connectivity index (χ4n) is 4.34. The number of hydrogen-bond acceptors (Lipinski definition) is 5. The predicted octanol–water partition coefficient (Wildman–Crippen LogP) is 3.29. The van der Waals surface area contributed by atoms with Crippen LogP contribution in [0.4, 0.5) is 19.3 Å². The number of hydrogen-bond donors (Lipinski definition) is 1. The molecule has 3 amide bonds. The van der Waals surface area contributed by atoms with Crippen LogP contribution in [0.3, 0.4) is 0 Å². The lowest BCUT2D eigenvalue weighted by molar-refractivity contribution is -0.135. The van der Waals surface area contributed by atoms with Crippen molar-refractivity contribution < 1.29 is 31.5 Å². The molecule has 3 rings (SSSR count). The molecule has 12 heteroatoms. The van der Waals surface area contributed by atoms with E-state index >= 15 is 0 Å². The number of methoxy groups -OCH3 is 1. The first-order valence-electron chi connectivity index (χ1n) is 12.4. The van der Waals surface area contributed by atoms with Crippen molar-refractivity contribution in [2.75, 3.05) is 51.0 Å². The number of anilines is 1. The van der Waals surface area contributed by atoms with Gasteiger partial charge in [0.2, 0.25) is 15.9 Å². The number of ether oxygens (including phenoxy) is 1. The molecule has 0 spiro atoms. The van der Waals surface area contributed by atoms with Gasteiger partial charge in [-0.1, -0.05) is 18.2 Å². The lowest BCUT2D eigenvalue weighted by atomic mass is 10.0. The van der Waals surface area contributed by atoms with Crippen molar-refractivity contribution in [1.82, 2.24) is 14.1 Å². The normalized spacial score (nSPS) is 14.5. The molecule has 1 aliphatic heterocycles. The molecule has 1 aliphatic rings. The number of urea groups is 1. The second-order valence-corrected chi connectivity index (χ2v) is 11.3. The SMILES string of the molecule is CCS(=O)(=O)N(CCOC)CC(=O)N(Cc1cccc(F)c1)C1CCN(C(=O)Nc2cccc(F)c2)CC1. The van der Waals surface area contributed by atoms with Gasteiger partial charge in [-0.05, 0) is 55.7 Å². The highest BCUT2D eigenvalue weighted by atomic mass is 32.2. The van der Waals surface area contributed by atoms with E-state index in [1.54, 1.807) is 28.0 Å². The second-order valence-electron chi connectivity index (χ2n) is 9.04. The third kappa shape index (κ3) is 8.20. The van der Waals surface area contributed by atoms with E-state index in [2.05, 4.69) is 5.32 Å². The molecule has 0 aromatic heterocycles. The molecule has 0 aliphatic carbocycles. The van der Waals surface area contributed by atoms with Gasteiger partial charge in [-0.2, -0.15) is 4.31 Å². The quantitative estimate of drug-likeness (QED) is 0.461. The number of nitrogens with zero attached hydrogens (tertiary/aromatic N) is 3. The van der Waals surface area contributed by atoms with Gasteiger partial charge in [0.15, 0.2) is 0 Å². The molecule has 2 aromatic rings. The van der Waals surface area contributed by atoms with Crippen LogP contribution in [0.5, 0.6) is 0 Å². The van der Waals surface area contributed by atoms with Gasteiger partial charge in [0, 0.05) is 45.0 Å². The number of carbonyl (C=O) groups is 2. The standard InChI is InChI=1S/C26H34F2N4O5S/c1-3-38(35,36)31(14-15-37-2)19-25(33)32(18-20-6-4-7-21(27)16-20)24-10-12-30(13-11-24)26(34)29-23-9-5-8-22(28)17-23/h4-9,16-17,24H,3,10-15,18-19H2,1-2H3,(H,29,34). The van der Waals surface area contributed by atoms with E-state index in [4.69, 9.17) is 4.74 Å². The predicted molar refractivity (Wildman–Crippen MR) is 140 cm³/mol. The Bertz CT molecular complexity index is 1210. The first kappa shape index (κ1) is 29.5. The summed E-state index contributed by atoms with van der Waals surface area (Å²) >= 11 is 0. The maximum atomic E-state index is 13.9. The molecule has 0 unspecified atom stereocenters. The largest absolute Gasteiger partial charge is 0.383 e. The molecule has 2 aromatic carbocycles. The van der Waals surface area contributed by atoms with Gasteiger partial charge in [0.1, 0.15) is 11.6 Å². The van der Waals surface area contributed by atoms with Crippen LogP contribution in [0.15, 0.2) is 48.5 Å². The van der Waals surface area contributed by atoms with Gasteiger partial charge in [0.05, 0.1) is 18.9 Å². The third-order valence-electron chi connectivity index (χ3n) is 6.45. The number of nitrogens with one attached hydrogen (secondary N) is 1. The number of amides is 3. The van der Waals surface area contributed by atoms with E-state index in [-0.39, 0.29) is 44.1 Å². The molecular weight excluding hydrogens is 518 g/mol. The number of likely N-dealkylation sites (tertiary alicyclic amines) is 1.